The summed E-state index contributed by atoms with van der Waals surface area (Å²) in [7, 11) is 0. The van der Waals surface area contributed by atoms with Crippen molar-refractivity contribution in [2.24, 2.45) is 5.73 Å². The third-order valence-corrected chi connectivity index (χ3v) is 3.06. The Labute approximate surface area is 116 Å². The maximum absolute atomic E-state index is 13.4. The van der Waals surface area contributed by atoms with Crippen LogP contribution in [0.2, 0.25) is 0 Å². The fraction of sp³-hybridized carbons (Fsp3) is 0.357. The maximum atomic E-state index is 13.4. The molecule has 0 unspecified atom stereocenters. The van der Waals surface area contributed by atoms with E-state index in [1.165, 1.54) is 23.9 Å². The normalized spacial score (nSPS) is 9.63. The quantitative estimate of drug-likeness (QED) is 0.662. The molecule has 5 heteroatoms. The molecule has 2 N–H and O–H groups in total. The van der Waals surface area contributed by atoms with Crippen molar-refractivity contribution in [3.63, 3.8) is 0 Å². The highest BCUT2D eigenvalue weighted by atomic mass is 32.2. The lowest BCUT2D eigenvalue weighted by atomic mass is 10.1. The molecule has 0 heterocycles. The minimum absolute atomic E-state index is 0.240. The van der Waals surface area contributed by atoms with Crippen LogP contribution in [-0.2, 0) is 15.3 Å². The van der Waals surface area contributed by atoms with Gasteiger partial charge >= 0.3 is 5.97 Å². The average molecular weight is 281 g/mol. The van der Waals surface area contributed by atoms with Gasteiger partial charge in [0.05, 0.1) is 18.9 Å². The van der Waals surface area contributed by atoms with Crippen LogP contribution in [0.15, 0.2) is 18.2 Å². The molecule has 0 aliphatic rings. The Morgan fingerprint density at radius 2 is 2.26 bits per heavy atom. The van der Waals surface area contributed by atoms with Crippen LogP contribution < -0.4 is 5.73 Å². The fourth-order valence-electron chi connectivity index (χ4n) is 1.41. The zero-order valence-corrected chi connectivity index (χ0v) is 11.6. The van der Waals surface area contributed by atoms with Gasteiger partial charge in [0.15, 0.2) is 0 Å². The molecule has 0 fully saturated rings. The number of thioether (sulfide) groups is 1. The molecule has 3 nitrogen and oxygen atoms in total. The zero-order valence-electron chi connectivity index (χ0n) is 10.7. The summed E-state index contributed by atoms with van der Waals surface area (Å²) in [5.41, 5.74) is 6.65. The number of hydrogen-bond donors (Lipinski definition) is 1. The third-order valence-electron chi connectivity index (χ3n) is 2.09. The molecule has 19 heavy (non-hydrogen) atoms. The van der Waals surface area contributed by atoms with E-state index in [2.05, 4.69) is 11.8 Å². The van der Waals surface area contributed by atoms with Crippen molar-refractivity contribution in [2.75, 3.05) is 18.9 Å². The van der Waals surface area contributed by atoms with Crippen LogP contribution in [0.4, 0.5) is 4.39 Å². The predicted molar refractivity (Wildman–Crippen MR) is 75.1 cm³/mol. The van der Waals surface area contributed by atoms with Gasteiger partial charge in [-0.15, -0.1) is 11.8 Å². The molecule has 1 aromatic rings. The van der Waals surface area contributed by atoms with Crippen molar-refractivity contribution in [2.45, 2.75) is 12.7 Å². The van der Waals surface area contributed by atoms with Gasteiger partial charge in [-0.05, 0) is 30.7 Å². The van der Waals surface area contributed by atoms with Gasteiger partial charge in [0.2, 0.25) is 0 Å². The molecular formula is C14H16FNO2S. The van der Waals surface area contributed by atoms with Crippen LogP contribution >= 0.6 is 11.8 Å². The second-order valence-electron chi connectivity index (χ2n) is 3.65. The van der Waals surface area contributed by atoms with Gasteiger partial charge in [-0.2, -0.15) is 0 Å². The van der Waals surface area contributed by atoms with Gasteiger partial charge in [-0.25, -0.2) is 4.39 Å². The smallest absolute Gasteiger partial charge is 0.315 e. The Bertz CT molecular complexity index is 494. The van der Waals surface area contributed by atoms with Crippen molar-refractivity contribution >= 4 is 17.7 Å². The van der Waals surface area contributed by atoms with Crippen LogP contribution in [0.1, 0.15) is 18.1 Å². The number of benzene rings is 1. The number of esters is 1. The Hall–Kier alpha value is -1.51. The van der Waals surface area contributed by atoms with E-state index in [4.69, 9.17) is 10.5 Å². The Morgan fingerprint density at radius 1 is 1.47 bits per heavy atom. The second-order valence-corrected chi connectivity index (χ2v) is 4.64. The molecule has 0 spiro atoms. The van der Waals surface area contributed by atoms with Gasteiger partial charge in [0, 0.05) is 11.3 Å². The summed E-state index contributed by atoms with van der Waals surface area (Å²) in [4.78, 5) is 11.2. The summed E-state index contributed by atoms with van der Waals surface area (Å²) in [5, 5.41) is 0. The van der Waals surface area contributed by atoms with Crippen LogP contribution in [0, 0.1) is 17.7 Å². The maximum Gasteiger partial charge on any atom is 0.315 e. The van der Waals surface area contributed by atoms with Crippen LogP contribution in [-0.4, -0.2) is 24.9 Å². The highest BCUT2D eigenvalue weighted by molar-refractivity contribution is 7.99. The number of carbonyl (C=O) groups is 1. The standard InChI is InChI=1S/C14H16FNO2S/c1-2-18-14(17)10-19-9-12-6-11(4-3-5-16)7-13(15)8-12/h6-8H,2,5,9-10,16H2,1H3. The zero-order chi connectivity index (χ0) is 14.1. The van der Waals surface area contributed by atoms with E-state index in [1.807, 2.05) is 0 Å². The number of ether oxygens (including phenoxy) is 1. The molecule has 0 saturated carbocycles. The third kappa shape index (κ3) is 6.27. The van der Waals surface area contributed by atoms with E-state index in [-0.39, 0.29) is 24.1 Å². The first-order chi connectivity index (χ1) is 9.15. The minimum Gasteiger partial charge on any atom is -0.465 e. The number of carbonyl (C=O) groups excluding carboxylic acids is 1. The molecule has 0 aromatic heterocycles. The average Bonchev–Trinajstić information content (AvgIpc) is 2.36. The van der Waals surface area contributed by atoms with Crippen molar-refractivity contribution in [3.05, 3.63) is 35.1 Å². The van der Waals surface area contributed by atoms with Gasteiger partial charge in [0.25, 0.3) is 0 Å². The molecule has 1 rings (SSSR count). The molecule has 0 aliphatic carbocycles. The first kappa shape index (κ1) is 15.5. The van der Waals surface area contributed by atoms with Crippen molar-refractivity contribution < 1.29 is 13.9 Å². The predicted octanol–water partition coefficient (Wildman–Crippen LogP) is 1.93. The number of halogens is 1. The Balaban J connectivity index is 2.58. The molecule has 0 saturated heterocycles. The van der Waals surface area contributed by atoms with Crippen molar-refractivity contribution in [3.8, 4) is 11.8 Å². The van der Waals surface area contributed by atoms with Gasteiger partial charge < -0.3 is 10.5 Å². The molecule has 0 radical (unpaired) electrons. The Morgan fingerprint density at radius 3 is 2.95 bits per heavy atom. The summed E-state index contributed by atoms with van der Waals surface area (Å²) >= 11 is 1.38. The first-order valence-electron chi connectivity index (χ1n) is 5.87. The molecule has 0 amide bonds. The Kier molecular flexibility index (Phi) is 7.01. The fourth-order valence-corrected chi connectivity index (χ4v) is 2.17. The minimum atomic E-state index is -0.337. The lowest BCUT2D eigenvalue weighted by molar-refractivity contribution is -0.139. The summed E-state index contributed by atoms with van der Waals surface area (Å²) in [6.07, 6.45) is 0. The molecule has 0 bridgehead atoms. The topological polar surface area (TPSA) is 52.3 Å². The van der Waals surface area contributed by atoms with Crippen LogP contribution in [0.25, 0.3) is 0 Å². The molecule has 0 atom stereocenters. The molecule has 102 valence electrons. The summed E-state index contributed by atoms with van der Waals surface area (Å²) < 4.78 is 18.2. The van der Waals surface area contributed by atoms with E-state index in [9.17, 15) is 9.18 Å². The van der Waals surface area contributed by atoms with Crippen LogP contribution in [0.5, 0.6) is 0 Å². The van der Waals surface area contributed by atoms with Gasteiger partial charge in [-0.3, -0.25) is 4.79 Å². The van der Waals surface area contributed by atoms with E-state index in [0.717, 1.165) is 5.56 Å². The van der Waals surface area contributed by atoms with E-state index in [0.29, 0.717) is 17.9 Å². The SMILES string of the molecule is CCOC(=O)CSCc1cc(F)cc(C#CCN)c1. The highest BCUT2D eigenvalue weighted by Crippen LogP contribution is 2.15. The summed E-state index contributed by atoms with van der Waals surface area (Å²) in [6, 6.07) is 4.60. The lowest BCUT2D eigenvalue weighted by Gasteiger charge is -2.03. The van der Waals surface area contributed by atoms with Crippen molar-refractivity contribution in [1.82, 2.24) is 0 Å². The monoisotopic (exact) mass is 281 g/mol. The second kappa shape index (κ2) is 8.57. The first-order valence-corrected chi connectivity index (χ1v) is 7.03. The van der Waals surface area contributed by atoms with Gasteiger partial charge in [-0.1, -0.05) is 11.8 Å². The number of rotatable bonds is 5. The van der Waals surface area contributed by atoms with E-state index in [1.54, 1.807) is 13.0 Å². The summed E-state index contributed by atoms with van der Waals surface area (Å²) in [5.74, 6) is 5.67. The molecule has 0 aliphatic heterocycles. The largest absolute Gasteiger partial charge is 0.465 e. The van der Waals surface area contributed by atoms with E-state index < -0.39 is 0 Å². The number of nitrogens with two attached hydrogens (primary N) is 1. The molecular weight excluding hydrogens is 265 g/mol. The highest BCUT2D eigenvalue weighted by Gasteiger charge is 2.04. The summed E-state index contributed by atoms with van der Waals surface area (Å²) in [6.45, 7) is 2.37. The van der Waals surface area contributed by atoms with Crippen LogP contribution in [0.3, 0.4) is 0 Å². The van der Waals surface area contributed by atoms with Gasteiger partial charge in [0.1, 0.15) is 5.82 Å². The van der Waals surface area contributed by atoms with E-state index >= 15 is 0 Å². The number of hydrogen-bond acceptors (Lipinski definition) is 4. The van der Waals surface area contributed by atoms with Crippen molar-refractivity contribution in [1.29, 1.82) is 0 Å². The molecule has 1 aromatic carbocycles. The lowest BCUT2D eigenvalue weighted by Crippen LogP contribution is -2.06.